The molecule has 4 nitrogen and oxygen atoms in total. The highest BCUT2D eigenvalue weighted by Crippen LogP contribution is 2.24. The third kappa shape index (κ3) is 2.87. The predicted octanol–water partition coefficient (Wildman–Crippen LogP) is 3.01. The molecule has 0 aliphatic carbocycles. The summed E-state index contributed by atoms with van der Waals surface area (Å²) in [6.07, 6.45) is 0. The highest BCUT2D eigenvalue weighted by Gasteiger charge is 2.19. The zero-order valence-electron chi connectivity index (χ0n) is 9.67. The van der Waals surface area contributed by atoms with Crippen LogP contribution in [-0.4, -0.2) is 8.42 Å². The standard InChI is InChI=1S/C13H9ClN2O2S/c14-11-6-2-3-7-12(11)16-19(17,18)13-8-4-1-5-10(13)9-15/h1-8,16H. The van der Waals surface area contributed by atoms with Crippen LogP contribution in [0.1, 0.15) is 5.56 Å². The van der Waals surface area contributed by atoms with Gasteiger partial charge in [0.15, 0.2) is 0 Å². The molecule has 0 aromatic heterocycles. The minimum Gasteiger partial charge on any atom is -0.278 e. The maximum atomic E-state index is 12.2. The lowest BCUT2D eigenvalue weighted by molar-refractivity contribution is 0.601. The maximum absolute atomic E-state index is 12.2. The molecule has 0 aliphatic rings. The van der Waals surface area contributed by atoms with Crippen LogP contribution in [0.15, 0.2) is 53.4 Å². The Morgan fingerprint density at radius 1 is 1.05 bits per heavy atom. The van der Waals surface area contributed by atoms with E-state index in [0.29, 0.717) is 5.02 Å². The summed E-state index contributed by atoms with van der Waals surface area (Å²) in [7, 11) is -3.84. The van der Waals surface area contributed by atoms with Gasteiger partial charge in [0.05, 0.1) is 16.3 Å². The number of nitriles is 1. The lowest BCUT2D eigenvalue weighted by atomic mass is 10.2. The fraction of sp³-hybridized carbons (Fsp3) is 0. The smallest absolute Gasteiger partial charge is 0.263 e. The molecule has 0 bridgehead atoms. The molecule has 0 aliphatic heterocycles. The summed E-state index contributed by atoms with van der Waals surface area (Å²) in [5, 5.41) is 9.23. The summed E-state index contributed by atoms with van der Waals surface area (Å²) in [5.74, 6) is 0. The summed E-state index contributed by atoms with van der Waals surface area (Å²) >= 11 is 5.90. The average molecular weight is 293 g/mol. The van der Waals surface area contributed by atoms with E-state index in [-0.39, 0.29) is 16.1 Å². The monoisotopic (exact) mass is 292 g/mol. The fourth-order valence-electron chi connectivity index (χ4n) is 1.54. The lowest BCUT2D eigenvalue weighted by Crippen LogP contribution is -2.14. The van der Waals surface area contributed by atoms with E-state index in [1.807, 2.05) is 6.07 Å². The number of nitrogens with one attached hydrogen (secondary N) is 1. The van der Waals surface area contributed by atoms with E-state index in [9.17, 15) is 8.42 Å². The van der Waals surface area contributed by atoms with Crippen molar-refractivity contribution in [3.8, 4) is 6.07 Å². The Morgan fingerprint density at radius 3 is 2.37 bits per heavy atom. The largest absolute Gasteiger partial charge is 0.278 e. The first-order valence-corrected chi connectivity index (χ1v) is 7.17. The van der Waals surface area contributed by atoms with Crippen LogP contribution in [-0.2, 0) is 10.0 Å². The van der Waals surface area contributed by atoms with Crippen molar-refractivity contribution >= 4 is 27.3 Å². The zero-order valence-corrected chi connectivity index (χ0v) is 11.2. The van der Waals surface area contributed by atoms with Crippen LogP contribution < -0.4 is 4.72 Å². The van der Waals surface area contributed by atoms with Gasteiger partial charge in [0.1, 0.15) is 11.0 Å². The quantitative estimate of drug-likeness (QED) is 0.945. The number of hydrogen-bond donors (Lipinski definition) is 1. The Hall–Kier alpha value is -2.03. The van der Waals surface area contributed by atoms with Crippen LogP contribution in [0.2, 0.25) is 5.02 Å². The minimum atomic E-state index is -3.84. The summed E-state index contributed by atoms with van der Waals surface area (Å²) in [6.45, 7) is 0. The molecule has 0 fully saturated rings. The molecule has 0 unspecified atom stereocenters. The number of benzene rings is 2. The first-order valence-electron chi connectivity index (χ1n) is 5.31. The zero-order chi connectivity index (χ0) is 13.9. The summed E-state index contributed by atoms with van der Waals surface area (Å²) in [4.78, 5) is -0.0718. The number of anilines is 1. The van der Waals surface area contributed by atoms with Crippen LogP contribution in [0.5, 0.6) is 0 Å². The predicted molar refractivity (Wildman–Crippen MR) is 73.4 cm³/mol. The van der Waals surface area contributed by atoms with E-state index in [0.717, 1.165) is 0 Å². The van der Waals surface area contributed by atoms with Crippen molar-refractivity contribution in [2.45, 2.75) is 4.90 Å². The molecule has 2 aromatic rings. The first-order chi connectivity index (χ1) is 9.04. The van der Waals surface area contributed by atoms with Gasteiger partial charge in [-0.2, -0.15) is 5.26 Å². The van der Waals surface area contributed by atoms with E-state index in [1.54, 1.807) is 36.4 Å². The van der Waals surface area contributed by atoms with Crippen LogP contribution in [0.25, 0.3) is 0 Å². The molecule has 0 saturated heterocycles. The minimum absolute atomic E-state index is 0.0718. The van der Waals surface area contributed by atoms with Crippen LogP contribution in [0, 0.1) is 11.3 Å². The van der Waals surface area contributed by atoms with Crippen molar-refractivity contribution in [1.82, 2.24) is 0 Å². The van der Waals surface area contributed by atoms with Crippen molar-refractivity contribution in [2.75, 3.05) is 4.72 Å². The molecule has 6 heteroatoms. The Labute approximate surface area is 116 Å². The molecule has 0 saturated carbocycles. The Kier molecular flexibility index (Phi) is 3.74. The van der Waals surface area contributed by atoms with E-state index in [4.69, 9.17) is 16.9 Å². The molecular weight excluding hydrogens is 284 g/mol. The molecule has 0 spiro atoms. The molecular formula is C13H9ClN2O2S. The number of rotatable bonds is 3. The fourth-order valence-corrected chi connectivity index (χ4v) is 3.01. The average Bonchev–Trinajstić information content (AvgIpc) is 2.41. The molecule has 0 amide bonds. The van der Waals surface area contributed by atoms with Gasteiger partial charge >= 0.3 is 0 Å². The highest BCUT2D eigenvalue weighted by molar-refractivity contribution is 7.92. The van der Waals surface area contributed by atoms with Crippen molar-refractivity contribution < 1.29 is 8.42 Å². The van der Waals surface area contributed by atoms with Crippen molar-refractivity contribution in [2.24, 2.45) is 0 Å². The SMILES string of the molecule is N#Cc1ccccc1S(=O)(=O)Nc1ccccc1Cl. The van der Waals surface area contributed by atoms with E-state index in [1.165, 1.54) is 12.1 Å². The van der Waals surface area contributed by atoms with E-state index in [2.05, 4.69) is 4.72 Å². The third-order valence-corrected chi connectivity index (χ3v) is 4.17. The van der Waals surface area contributed by atoms with Gasteiger partial charge in [-0.25, -0.2) is 8.42 Å². The Morgan fingerprint density at radius 2 is 1.68 bits per heavy atom. The molecule has 2 rings (SSSR count). The van der Waals surface area contributed by atoms with Gasteiger partial charge in [-0.05, 0) is 24.3 Å². The number of hydrogen-bond acceptors (Lipinski definition) is 3. The first kappa shape index (κ1) is 13.4. The van der Waals surface area contributed by atoms with Gasteiger partial charge in [-0.1, -0.05) is 35.9 Å². The number of sulfonamides is 1. The number of para-hydroxylation sites is 1. The van der Waals surface area contributed by atoms with Gasteiger partial charge in [-0.15, -0.1) is 0 Å². The molecule has 0 atom stereocenters. The Bertz CT molecular complexity index is 751. The van der Waals surface area contributed by atoms with Gasteiger partial charge in [0, 0.05) is 0 Å². The summed E-state index contributed by atoms with van der Waals surface area (Å²) in [5.41, 5.74) is 0.360. The van der Waals surface area contributed by atoms with Gasteiger partial charge < -0.3 is 0 Å². The molecule has 2 aromatic carbocycles. The molecule has 0 radical (unpaired) electrons. The van der Waals surface area contributed by atoms with Crippen molar-refractivity contribution in [3.05, 3.63) is 59.1 Å². The topological polar surface area (TPSA) is 70.0 Å². The second-order valence-electron chi connectivity index (χ2n) is 3.69. The van der Waals surface area contributed by atoms with Crippen molar-refractivity contribution in [1.29, 1.82) is 5.26 Å². The molecule has 1 N–H and O–H groups in total. The van der Waals surface area contributed by atoms with Crippen LogP contribution >= 0.6 is 11.6 Å². The number of halogens is 1. The lowest BCUT2D eigenvalue weighted by Gasteiger charge is -2.10. The van der Waals surface area contributed by atoms with E-state index >= 15 is 0 Å². The van der Waals surface area contributed by atoms with Gasteiger partial charge in [0.2, 0.25) is 0 Å². The second kappa shape index (κ2) is 5.31. The van der Waals surface area contributed by atoms with Gasteiger partial charge in [-0.3, -0.25) is 4.72 Å². The van der Waals surface area contributed by atoms with Crippen LogP contribution in [0.3, 0.4) is 0 Å². The maximum Gasteiger partial charge on any atom is 0.263 e. The second-order valence-corrected chi connectivity index (χ2v) is 5.75. The third-order valence-electron chi connectivity index (χ3n) is 2.42. The molecule has 0 heterocycles. The summed E-state index contributed by atoms with van der Waals surface area (Å²) < 4.78 is 26.8. The molecule has 19 heavy (non-hydrogen) atoms. The molecule has 96 valence electrons. The summed E-state index contributed by atoms with van der Waals surface area (Å²) in [6, 6.07) is 14.3. The van der Waals surface area contributed by atoms with Crippen molar-refractivity contribution in [3.63, 3.8) is 0 Å². The van der Waals surface area contributed by atoms with E-state index < -0.39 is 10.0 Å². The number of nitrogens with zero attached hydrogens (tertiary/aromatic N) is 1. The normalized spacial score (nSPS) is 10.7. The highest BCUT2D eigenvalue weighted by atomic mass is 35.5. The Balaban J connectivity index is 2.45. The van der Waals surface area contributed by atoms with Gasteiger partial charge in [0.25, 0.3) is 10.0 Å². The van der Waals surface area contributed by atoms with Crippen LogP contribution in [0.4, 0.5) is 5.69 Å².